The van der Waals surface area contributed by atoms with Crippen molar-refractivity contribution in [3.8, 4) is 0 Å². The molecular weight excluding hydrogens is 1060 g/mol. The van der Waals surface area contributed by atoms with Crippen LogP contribution in [0.15, 0.2) is 48.6 Å². The smallest absolute Gasteiger partial charge is 0.220 e. The molecule has 0 aromatic rings. The van der Waals surface area contributed by atoms with Gasteiger partial charge in [-0.1, -0.05) is 191 Å². The maximum Gasteiger partial charge on any atom is 0.220 e. The Morgan fingerprint density at radius 1 is 0.439 bits per heavy atom. The zero-order chi connectivity index (χ0) is 59.7. The number of hydrogen-bond donors (Lipinski definition) is 12. The summed E-state index contributed by atoms with van der Waals surface area (Å²) < 4.78 is 34.3. The van der Waals surface area contributed by atoms with Crippen LogP contribution in [-0.2, 0) is 33.2 Å². The molecule has 3 saturated heterocycles. The summed E-state index contributed by atoms with van der Waals surface area (Å²) in [6, 6.07) is -0.992. The molecule has 0 bridgehead atoms. The standard InChI is InChI=1S/C63H113NO18/c1-3-5-7-9-11-13-15-17-19-21-22-23-24-25-27-29-31-33-35-37-39-41-51(69)64-46(47(68)40-38-36-34-32-30-28-26-20-18-16-14-12-10-8-6-4-2)45-77-61-57(75)54(72)59(49(43-66)79-61)82-63-58(76)55(73)60(50(44-67)80-63)81-62-56(74)53(71)52(70)48(42-65)78-62/h15,17,21-22,30,32,38,40,46-50,52-63,65-68,70-76H,3-14,16,18-20,23-29,31,33-37,39,41-45H2,1-2H3,(H,64,69)/b17-15-,22-21-,32-30+,40-38+. The Hall–Kier alpha value is -2.25. The number of aliphatic hydroxyl groups is 11. The van der Waals surface area contributed by atoms with Crippen molar-refractivity contribution in [2.75, 3.05) is 26.4 Å². The van der Waals surface area contributed by atoms with Gasteiger partial charge >= 0.3 is 0 Å². The van der Waals surface area contributed by atoms with Gasteiger partial charge in [0.25, 0.3) is 0 Å². The fourth-order valence-corrected chi connectivity index (χ4v) is 10.6. The lowest BCUT2D eigenvalue weighted by atomic mass is 9.96. The Kier molecular flexibility index (Phi) is 41.5. The van der Waals surface area contributed by atoms with Gasteiger partial charge in [0.05, 0.1) is 38.6 Å². The fourth-order valence-electron chi connectivity index (χ4n) is 10.6. The van der Waals surface area contributed by atoms with Crippen molar-refractivity contribution < 1.29 is 89.4 Å². The minimum atomic E-state index is -1.98. The summed E-state index contributed by atoms with van der Waals surface area (Å²) in [5.41, 5.74) is 0. The van der Waals surface area contributed by atoms with E-state index in [0.717, 1.165) is 57.8 Å². The van der Waals surface area contributed by atoms with Crippen LogP contribution in [-0.4, -0.2) is 193 Å². The quantitative estimate of drug-likeness (QED) is 0.0224. The molecule has 3 aliphatic rings. The SMILES string of the molecule is CCCCCCC/C=C\C/C=C\CCCCCCCCCCCC(=O)NC(COC1OC(CO)C(OC2OC(CO)C(OC3OC(CO)C(O)C(O)C3O)C(O)C2O)C(O)C1O)C(O)/C=C/CC/C=C/CCCCCCCCCCCC. The summed E-state index contributed by atoms with van der Waals surface area (Å²) in [4.78, 5) is 13.4. The summed E-state index contributed by atoms with van der Waals surface area (Å²) in [5.74, 6) is -0.291. The molecule has 19 heteroatoms. The van der Waals surface area contributed by atoms with E-state index in [1.54, 1.807) is 6.08 Å². The van der Waals surface area contributed by atoms with Gasteiger partial charge < -0.3 is 89.9 Å². The Morgan fingerprint density at radius 2 is 0.817 bits per heavy atom. The summed E-state index contributed by atoms with van der Waals surface area (Å²) in [7, 11) is 0. The number of unbranched alkanes of at least 4 members (excludes halogenated alkanes) is 25. The molecule has 19 nitrogen and oxygen atoms in total. The summed E-state index contributed by atoms with van der Waals surface area (Å²) in [6.07, 6.45) is 25.1. The van der Waals surface area contributed by atoms with Crippen molar-refractivity contribution in [1.82, 2.24) is 5.32 Å². The van der Waals surface area contributed by atoms with E-state index in [4.69, 9.17) is 28.4 Å². The average molecular weight is 1170 g/mol. The molecule has 3 rings (SSSR count). The highest BCUT2D eigenvalue weighted by Gasteiger charge is 2.53. The van der Waals surface area contributed by atoms with Gasteiger partial charge in [-0.25, -0.2) is 0 Å². The van der Waals surface area contributed by atoms with Crippen LogP contribution in [0, 0.1) is 0 Å². The first kappa shape index (κ1) is 74.0. The molecule has 0 aromatic heterocycles. The van der Waals surface area contributed by atoms with E-state index >= 15 is 0 Å². The van der Waals surface area contributed by atoms with Crippen molar-refractivity contribution in [2.24, 2.45) is 0 Å². The Morgan fingerprint density at radius 3 is 1.29 bits per heavy atom. The predicted octanol–water partition coefficient (Wildman–Crippen LogP) is 6.65. The number of amides is 1. The number of rotatable bonds is 47. The van der Waals surface area contributed by atoms with Crippen LogP contribution in [0.2, 0.25) is 0 Å². The lowest BCUT2D eigenvalue weighted by molar-refractivity contribution is -0.379. The van der Waals surface area contributed by atoms with E-state index in [0.29, 0.717) is 12.8 Å². The molecule has 0 aliphatic carbocycles. The normalized spacial score (nSPS) is 29.9. The van der Waals surface area contributed by atoms with Crippen molar-refractivity contribution in [3.05, 3.63) is 48.6 Å². The van der Waals surface area contributed by atoms with E-state index in [1.165, 1.54) is 122 Å². The number of allylic oxidation sites excluding steroid dienone is 7. The van der Waals surface area contributed by atoms with Crippen LogP contribution in [0.3, 0.4) is 0 Å². The van der Waals surface area contributed by atoms with E-state index in [-0.39, 0.29) is 18.9 Å². The topological polar surface area (TPSA) is 307 Å². The van der Waals surface area contributed by atoms with Crippen LogP contribution in [0.5, 0.6) is 0 Å². The van der Waals surface area contributed by atoms with E-state index in [9.17, 15) is 61.0 Å². The minimum absolute atomic E-state index is 0.230. The Balaban J connectivity index is 1.49. The van der Waals surface area contributed by atoms with Gasteiger partial charge in [-0.3, -0.25) is 4.79 Å². The first-order chi connectivity index (χ1) is 39.8. The second-order valence-corrected chi connectivity index (χ2v) is 22.9. The Labute approximate surface area is 491 Å². The number of carbonyl (C=O) groups is 1. The Bertz CT molecular complexity index is 1680. The van der Waals surface area contributed by atoms with E-state index in [1.807, 2.05) is 6.08 Å². The zero-order valence-corrected chi connectivity index (χ0v) is 50.0. The van der Waals surface area contributed by atoms with Gasteiger partial charge in [-0.2, -0.15) is 0 Å². The predicted molar refractivity (Wildman–Crippen MR) is 314 cm³/mol. The number of aliphatic hydroxyl groups excluding tert-OH is 11. The van der Waals surface area contributed by atoms with Gasteiger partial charge in [-0.15, -0.1) is 0 Å². The molecule has 0 saturated carbocycles. The minimum Gasteiger partial charge on any atom is -0.394 e. The zero-order valence-electron chi connectivity index (χ0n) is 50.0. The van der Waals surface area contributed by atoms with Gasteiger partial charge in [0.2, 0.25) is 5.91 Å². The molecule has 17 atom stereocenters. The average Bonchev–Trinajstić information content (AvgIpc) is 3.40. The fraction of sp³-hybridized carbons (Fsp3) is 0.857. The first-order valence-electron chi connectivity index (χ1n) is 31.9. The molecule has 478 valence electrons. The molecule has 3 aliphatic heterocycles. The van der Waals surface area contributed by atoms with Crippen molar-refractivity contribution in [3.63, 3.8) is 0 Å². The largest absolute Gasteiger partial charge is 0.394 e. The van der Waals surface area contributed by atoms with Crippen LogP contribution >= 0.6 is 0 Å². The highest BCUT2D eigenvalue weighted by Crippen LogP contribution is 2.33. The van der Waals surface area contributed by atoms with Gasteiger partial charge in [0, 0.05) is 6.42 Å². The number of hydrogen-bond acceptors (Lipinski definition) is 18. The lowest BCUT2D eigenvalue weighted by Gasteiger charge is -2.48. The van der Waals surface area contributed by atoms with Gasteiger partial charge in [0.15, 0.2) is 18.9 Å². The van der Waals surface area contributed by atoms with Crippen LogP contribution < -0.4 is 5.32 Å². The van der Waals surface area contributed by atoms with Gasteiger partial charge in [-0.05, 0) is 64.2 Å². The van der Waals surface area contributed by atoms with E-state index < -0.39 is 124 Å². The molecule has 1 amide bonds. The third kappa shape index (κ3) is 29.0. The molecular formula is C63H113NO18. The van der Waals surface area contributed by atoms with Crippen LogP contribution in [0.4, 0.5) is 0 Å². The number of carbonyl (C=O) groups excluding carboxylic acids is 1. The molecule has 0 aromatic carbocycles. The highest BCUT2D eigenvalue weighted by molar-refractivity contribution is 5.76. The monoisotopic (exact) mass is 1170 g/mol. The molecule has 82 heavy (non-hydrogen) atoms. The van der Waals surface area contributed by atoms with Crippen molar-refractivity contribution in [2.45, 2.75) is 317 Å². The van der Waals surface area contributed by atoms with E-state index in [2.05, 4.69) is 55.6 Å². The number of ether oxygens (including phenoxy) is 6. The molecule has 12 N–H and O–H groups in total. The molecule has 3 heterocycles. The molecule has 0 spiro atoms. The summed E-state index contributed by atoms with van der Waals surface area (Å²) >= 11 is 0. The van der Waals surface area contributed by atoms with Crippen molar-refractivity contribution >= 4 is 5.91 Å². The number of nitrogens with one attached hydrogen (secondary N) is 1. The summed E-state index contributed by atoms with van der Waals surface area (Å²) in [5, 5.41) is 120. The lowest BCUT2D eigenvalue weighted by Crippen LogP contribution is -2.66. The molecule has 3 fully saturated rings. The second-order valence-electron chi connectivity index (χ2n) is 22.9. The highest BCUT2D eigenvalue weighted by atomic mass is 16.8. The maximum atomic E-state index is 13.4. The van der Waals surface area contributed by atoms with Crippen LogP contribution in [0.25, 0.3) is 0 Å². The van der Waals surface area contributed by atoms with Crippen LogP contribution in [0.1, 0.15) is 213 Å². The second kappa shape index (κ2) is 46.0. The molecule has 0 radical (unpaired) electrons. The third-order valence-corrected chi connectivity index (χ3v) is 15.8. The third-order valence-electron chi connectivity index (χ3n) is 15.8. The summed E-state index contributed by atoms with van der Waals surface area (Å²) in [6.45, 7) is 1.69. The first-order valence-corrected chi connectivity index (χ1v) is 31.9. The maximum absolute atomic E-state index is 13.4. The van der Waals surface area contributed by atoms with Crippen molar-refractivity contribution in [1.29, 1.82) is 0 Å². The molecule has 17 unspecified atom stereocenters. The van der Waals surface area contributed by atoms with Gasteiger partial charge in [0.1, 0.15) is 73.2 Å².